The summed E-state index contributed by atoms with van der Waals surface area (Å²) in [6, 6.07) is 11.3. The average molecular weight is 459 g/mol. The van der Waals surface area contributed by atoms with Gasteiger partial charge in [-0.3, -0.25) is 9.59 Å². The SMILES string of the molecule is CCCC(=O)OC1=Cc2c(cc(OC)c3c(=O)c4cc5ccccc5nc4n(C)c23)OC1(C)C. The number of carbonyl (C=O) groups is 1. The summed E-state index contributed by atoms with van der Waals surface area (Å²) in [5.74, 6) is 1.03. The molecule has 1 aliphatic rings. The Labute approximate surface area is 196 Å². The van der Waals surface area contributed by atoms with Crippen molar-refractivity contribution in [3.05, 3.63) is 57.9 Å². The van der Waals surface area contributed by atoms with E-state index in [1.54, 1.807) is 12.1 Å². The van der Waals surface area contributed by atoms with Gasteiger partial charge in [0.25, 0.3) is 0 Å². The highest BCUT2D eigenvalue weighted by Gasteiger charge is 2.36. The first-order valence-corrected chi connectivity index (χ1v) is 11.3. The first-order valence-electron chi connectivity index (χ1n) is 11.3. The van der Waals surface area contributed by atoms with Crippen molar-refractivity contribution in [1.82, 2.24) is 9.55 Å². The van der Waals surface area contributed by atoms with Crippen molar-refractivity contribution in [2.75, 3.05) is 7.11 Å². The Morgan fingerprint density at radius 2 is 1.97 bits per heavy atom. The monoisotopic (exact) mass is 458 g/mol. The third kappa shape index (κ3) is 3.31. The molecule has 0 fully saturated rings. The lowest BCUT2D eigenvalue weighted by Crippen LogP contribution is -2.35. The van der Waals surface area contributed by atoms with Crippen LogP contribution in [0, 0.1) is 0 Å². The van der Waals surface area contributed by atoms with E-state index in [-0.39, 0.29) is 11.4 Å². The second kappa shape index (κ2) is 7.87. The van der Waals surface area contributed by atoms with Crippen molar-refractivity contribution < 1.29 is 19.0 Å². The van der Waals surface area contributed by atoms with E-state index in [1.807, 2.05) is 62.7 Å². The fourth-order valence-corrected chi connectivity index (χ4v) is 4.52. The van der Waals surface area contributed by atoms with E-state index in [9.17, 15) is 9.59 Å². The van der Waals surface area contributed by atoms with Crippen LogP contribution in [-0.2, 0) is 16.6 Å². The number of fused-ring (bicyclic) bond motifs is 5. The number of carbonyl (C=O) groups excluding carboxylic acids is 1. The summed E-state index contributed by atoms with van der Waals surface area (Å²) >= 11 is 0. The number of rotatable bonds is 4. The lowest BCUT2D eigenvalue weighted by molar-refractivity contribution is -0.142. The van der Waals surface area contributed by atoms with Gasteiger partial charge < -0.3 is 18.8 Å². The zero-order chi connectivity index (χ0) is 24.2. The van der Waals surface area contributed by atoms with Crippen molar-refractivity contribution in [2.45, 2.75) is 39.2 Å². The second-order valence-corrected chi connectivity index (χ2v) is 9.00. The van der Waals surface area contributed by atoms with Crippen molar-refractivity contribution in [3.8, 4) is 11.5 Å². The van der Waals surface area contributed by atoms with Crippen LogP contribution in [-0.4, -0.2) is 28.2 Å². The number of aryl methyl sites for hydroxylation is 1. The Kier molecular flexibility index (Phi) is 5.08. The quantitative estimate of drug-likeness (QED) is 0.313. The van der Waals surface area contributed by atoms with Crippen LogP contribution in [0.1, 0.15) is 39.2 Å². The number of nitrogens with zero attached hydrogens (tertiary/aromatic N) is 2. The van der Waals surface area contributed by atoms with E-state index in [4.69, 9.17) is 19.2 Å². The number of esters is 1. The molecule has 3 heterocycles. The first-order chi connectivity index (χ1) is 16.2. The molecule has 2 aromatic carbocycles. The van der Waals surface area contributed by atoms with E-state index in [1.165, 1.54) is 7.11 Å². The number of para-hydroxylation sites is 1. The van der Waals surface area contributed by atoms with E-state index < -0.39 is 5.60 Å². The summed E-state index contributed by atoms with van der Waals surface area (Å²) in [7, 11) is 3.40. The summed E-state index contributed by atoms with van der Waals surface area (Å²) < 4.78 is 19.5. The predicted molar refractivity (Wildman–Crippen MR) is 132 cm³/mol. The molecule has 0 unspecified atom stereocenters. The van der Waals surface area contributed by atoms with Gasteiger partial charge in [-0.15, -0.1) is 0 Å². The molecule has 5 rings (SSSR count). The van der Waals surface area contributed by atoms with Crippen LogP contribution in [0.4, 0.5) is 0 Å². The maximum atomic E-state index is 13.7. The third-order valence-electron chi connectivity index (χ3n) is 6.23. The summed E-state index contributed by atoms with van der Waals surface area (Å²) in [4.78, 5) is 30.8. The summed E-state index contributed by atoms with van der Waals surface area (Å²) in [5, 5.41) is 1.81. The van der Waals surface area contributed by atoms with Gasteiger partial charge in [-0.2, -0.15) is 0 Å². The van der Waals surface area contributed by atoms with Gasteiger partial charge in [0.05, 0.1) is 28.9 Å². The summed E-state index contributed by atoms with van der Waals surface area (Å²) in [6.07, 6.45) is 2.79. The van der Waals surface area contributed by atoms with Crippen molar-refractivity contribution in [2.24, 2.45) is 7.05 Å². The molecule has 0 saturated heterocycles. The molecule has 174 valence electrons. The highest BCUT2D eigenvalue weighted by molar-refractivity contribution is 6.03. The van der Waals surface area contributed by atoms with Gasteiger partial charge in [0.2, 0.25) is 5.43 Å². The molecule has 7 heteroatoms. The standard InChI is InChI=1S/C27H26N2O5/c1-6-9-22(30)33-21-13-16-19(34-27(21,2)3)14-20(32-5)23-24(16)29(4)26-17(25(23)31)12-15-10-7-8-11-18(15)28-26/h7-8,10-14H,6,9H2,1-5H3. The summed E-state index contributed by atoms with van der Waals surface area (Å²) in [5.41, 5.74) is 1.54. The van der Waals surface area contributed by atoms with Crippen molar-refractivity contribution in [1.29, 1.82) is 0 Å². The van der Waals surface area contributed by atoms with E-state index in [0.29, 0.717) is 57.6 Å². The number of hydrogen-bond donors (Lipinski definition) is 0. The predicted octanol–water partition coefficient (Wildman–Crippen LogP) is 5.10. The van der Waals surface area contributed by atoms with Gasteiger partial charge in [0.15, 0.2) is 11.4 Å². The molecule has 1 aliphatic heterocycles. The largest absolute Gasteiger partial charge is 0.496 e. The molecule has 0 saturated carbocycles. The minimum atomic E-state index is -0.876. The molecule has 0 spiro atoms. The van der Waals surface area contributed by atoms with Crippen LogP contribution >= 0.6 is 0 Å². The van der Waals surface area contributed by atoms with Crippen LogP contribution < -0.4 is 14.9 Å². The Morgan fingerprint density at radius 3 is 2.71 bits per heavy atom. The lowest BCUT2D eigenvalue weighted by Gasteiger charge is -2.33. The molecule has 0 amide bonds. The van der Waals surface area contributed by atoms with Crippen LogP contribution in [0.25, 0.3) is 38.9 Å². The fourth-order valence-electron chi connectivity index (χ4n) is 4.52. The van der Waals surface area contributed by atoms with E-state index in [2.05, 4.69) is 0 Å². The molecule has 0 N–H and O–H groups in total. The average Bonchev–Trinajstić information content (AvgIpc) is 2.81. The van der Waals surface area contributed by atoms with Crippen LogP contribution in [0.3, 0.4) is 0 Å². The smallest absolute Gasteiger partial charge is 0.310 e. The molecule has 2 aromatic heterocycles. The van der Waals surface area contributed by atoms with Gasteiger partial charge in [0.1, 0.15) is 17.1 Å². The van der Waals surface area contributed by atoms with Crippen molar-refractivity contribution in [3.63, 3.8) is 0 Å². The zero-order valence-corrected chi connectivity index (χ0v) is 19.9. The normalized spacial score (nSPS) is 14.6. The molecular formula is C27H26N2O5. The highest BCUT2D eigenvalue weighted by Crippen LogP contribution is 2.43. The number of hydrogen-bond acceptors (Lipinski definition) is 6. The molecule has 0 aliphatic carbocycles. The number of aromatic nitrogens is 2. The van der Waals surface area contributed by atoms with E-state index in [0.717, 1.165) is 10.9 Å². The zero-order valence-electron chi connectivity index (χ0n) is 19.9. The van der Waals surface area contributed by atoms with Gasteiger partial charge >= 0.3 is 5.97 Å². The minimum absolute atomic E-state index is 0.177. The lowest BCUT2D eigenvalue weighted by atomic mass is 9.96. The van der Waals surface area contributed by atoms with Gasteiger partial charge in [0, 0.05) is 30.5 Å². The summed E-state index contributed by atoms with van der Waals surface area (Å²) in [6.45, 7) is 5.60. The van der Waals surface area contributed by atoms with Gasteiger partial charge in [-0.25, -0.2) is 4.98 Å². The topological polar surface area (TPSA) is 79.7 Å². The fraction of sp³-hybridized carbons (Fsp3) is 0.296. The Bertz CT molecular complexity index is 1580. The molecule has 0 bridgehead atoms. The molecule has 4 aromatic rings. The number of ether oxygens (including phenoxy) is 3. The molecule has 7 nitrogen and oxygen atoms in total. The van der Waals surface area contributed by atoms with Crippen LogP contribution in [0.15, 0.2) is 47.0 Å². The third-order valence-corrected chi connectivity index (χ3v) is 6.23. The Balaban J connectivity index is 1.88. The number of pyridine rings is 2. The molecule has 0 radical (unpaired) electrons. The maximum Gasteiger partial charge on any atom is 0.310 e. The Hall–Kier alpha value is -3.87. The van der Waals surface area contributed by atoms with Crippen molar-refractivity contribution >= 4 is 44.9 Å². The molecule has 0 atom stereocenters. The van der Waals surface area contributed by atoms with E-state index >= 15 is 0 Å². The number of methoxy groups -OCH3 is 1. The number of benzene rings is 2. The van der Waals surface area contributed by atoms with Crippen LogP contribution in [0.2, 0.25) is 0 Å². The van der Waals surface area contributed by atoms with Crippen LogP contribution in [0.5, 0.6) is 11.5 Å². The highest BCUT2D eigenvalue weighted by atomic mass is 16.6. The maximum absolute atomic E-state index is 13.7. The van der Waals surface area contributed by atoms with Gasteiger partial charge in [-0.05, 0) is 38.5 Å². The Morgan fingerprint density at radius 1 is 1.21 bits per heavy atom. The van der Waals surface area contributed by atoms with Gasteiger partial charge in [-0.1, -0.05) is 25.1 Å². The first kappa shape index (κ1) is 21.9. The molecular weight excluding hydrogens is 432 g/mol. The molecule has 34 heavy (non-hydrogen) atoms. The second-order valence-electron chi connectivity index (χ2n) is 9.00. The minimum Gasteiger partial charge on any atom is -0.496 e.